The monoisotopic (exact) mass is 204 g/mol. The highest BCUT2D eigenvalue weighted by Gasteiger charge is 2.14. The van der Waals surface area contributed by atoms with Crippen LogP contribution < -0.4 is 5.73 Å². The summed E-state index contributed by atoms with van der Waals surface area (Å²) in [6.45, 7) is 0. The largest absolute Gasteiger partial charge is 0.508 e. The van der Waals surface area contributed by atoms with Gasteiger partial charge in [-0.15, -0.1) is 0 Å². The van der Waals surface area contributed by atoms with Gasteiger partial charge in [-0.2, -0.15) is 0 Å². The van der Waals surface area contributed by atoms with Gasteiger partial charge < -0.3 is 15.8 Å². The number of hydrogen-bond acceptors (Lipinski definition) is 3. The van der Waals surface area contributed by atoms with Crippen LogP contribution in [0, 0.1) is 0 Å². The lowest BCUT2D eigenvalue weighted by atomic mass is 10.2. The lowest BCUT2D eigenvalue weighted by Crippen LogP contribution is -2.23. The minimum absolute atomic E-state index is 0.0856. The Bertz CT molecular complexity index is 557. The summed E-state index contributed by atoms with van der Waals surface area (Å²) in [6, 6.07) is 6.11. The zero-order chi connectivity index (χ0) is 11.0. The number of carbonyl (C=O) groups is 2. The van der Waals surface area contributed by atoms with E-state index in [1.807, 2.05) is 0 Å². The molecule has 0 spiro atoms. The molecule has 0 atom stereocenters. The molecule has 0 unspecified atom stereocenters. The third-order valence-electron chi connectivity index (χ3n) is 2.07. The van der Waals surface area contributed by atoms with Crippen LogP contribution in [0.5, 0.6) is 5.75 Å². The topological polar surface area (TPSA) is 96.2 Å². The first kappa shape index (κ1) is 9.26. The van der Waals surface area contributed by atoms with E-state index in [1.54, 1.807) is 6.07 Å². The zero-order valence-electron chi connectivity index (χ0n) is 7.65. The van der Waals surface area contributed by atoms with Crippen LogP contribution in [0.25, 0.3) is 10.9 Å². The van der Waals surface area contributed by atoms with Crippen LogP contribution in [0.15, 0.2) is 24.3 Å². The summed E-state index contributed by atoms with van der Waals surface area (Å²) in [7, 11) is 0. The third kappa shape index (κ3) is 1.54. The van der Waals surface area contributed by atoms with E-state index in [0.717, 1.165) is 5.39 Å². The molecule has 4 N–H and O–H groups in total. The normalized spacial score (nSPS) is 10.4. The Labute approximate surface area is 84.5 Å². The van der Waals surface area contributed by atoms with E-state index in [9.17, 15) is 14.7 Å². The second-order valence-corrected chi connectivity index (χ2v) is 3.15. The minimum Gasteiger partial charge on any atom is -0.508 e. The molecule has 1 amide bonds. The van der Waals surface area contributed by atoms with Crippen LogP contribution in [0.1, 0.15) is 10.5 Å². The van der Waals surface area contributed by atoms with E-state index in [1.165, 1.54) is 18.2 Å². The molecule has 76 valence electrons. The lowest BCUT2D eigenvalue weighted by molar-refractivity contribution is -0.114. The van der Waals surface area contributed by atoms with Crippen molar-refractivity contribution in [3.8, 4) is 5.75 Å². The number of aromatic nitrogens is 1. The minimum atomic E-state index is -1.01. The van der Waals surface area contributed by atoms with E-state index in [4.69, 9.17) is 5.73 Å². The van der Waals surface area contributed by atoms with Crippen molar-refractivity contribution in [2.24, 2.45) is 5.73 Å². The van der Waals surface area contributed by atoms with Gasteiger partial charge in [-0.3, -0.25) is 9.59 Å². The van der Waals surface area contributed by atoms with Crippen LogP contribution in [0.3, 0.4) is 0 Å². The molecule has 0 aliphatic carbocycles. The summed E-state index contributed by atoms with van der Waals surface area (Å²) in [4.78, 5) is 24.6. The maximum absolute atomic E-state index is 11.2. The summed E-state index contributed by atoms with van der Waals surface area (Å²) in [5.74, 6) is -1.70. The van der Waals surface area contributed by atoms with Crippen molar-refractivity contribution in [2.45, 2.75) is 0 Å². The SMILES string of the molecule is NC(=O)C(=O)c1cc2ccc(O)cc2[nH]1. The third-order valence-corrected chi connectivity index (χ3v) is 2.07. The summed E-state index contributed by atoms with van der Waals surface area (Å²) >= 11 is 0. The van der Waals surface area contributed by atoms with Gasteiger partial charge in [0, 0.05) is 17.0 Å². The predicted octanol–water partition coefficient (Wildman–Crippen LogP) is 0.541. The Morgan fingerprint density at radius 3 is 2.67 bits per heavy atom. The fourth-order valence-electron chi connectivity index (χ4n) is 1.37. The summed E-state index contributed by atoms with van der Waals surface area (Å²) in [5, 5.41) is 9.92. The molecule has 1 aromatic carbocycles. The van der Waals surface area contributed by atoms with Crippen LogP contribution >= 0.6 is 0 Å². The molecule has 0 aliphatic rings. The second kappa shape index (κ2) is 3.13. The van der Waals surface area contributed by atoms with Gasteiger partial charge in [-0.25, -0.2) is 0 Å². The van der Waals surface area contributed by atoms with E-state index in [-0.39, 0.29) is 11.4 Å². The number of amides is 1. The number of nitrogens with two attached hydrogens (primary N) is 1. The molecule has 0 saturated carbocycles. The van der Waals surface area contributed by atoms with Crippen molar-refractivity contribution in [1.82, 2.24) is 4.98 Å². The zero-order valence-corrected chi connectivity index (χ0v) is 7.65. The van der Waals surface area contributed by atoms with Crippen molar-refractivity contribution in [2.75, 3.05) is 0 Å². The molecule has 0 aliphatic heterocycles. The number of aromatic amines is 1. The maximum Gasteiger partial charge on any atom is 0.291 e. The summed E-state index contributed by atoms with van der Waals surface area (Å²) < 4.78 is 0. The lowest BCUT2D eigenvalue weighted by Gasteiger charge is -1.90. The van der Waals surface area contributed by atoms with Crippen molar-refractivity contribution >= 4 is 22.6 Å². The maximum atomic E-state index is 11.2. The van der Waals surface area contributed by atoms with Gasteiger partial charge in [-0.05, 0) is 18.2 Å². The molecule has 1 heterocycles. The van der Waals surface area contributed by atoms with E-state index in [0.29, 0.717) is 5.52 Å². The van der Waals surface area contributed by atoms with Gasteiger partial charge in [0.05, 0.1) is 5.69 Å². The molecule has 0 radical (unpaired) electrons. The number of phenols is 1. The van der Waals surface area contributed by atoms with Crippen molar-refractivity contribution in [3.63, 3.8) is 0 Å². The molecule has 2 rings (SSSR count). The predicted molar refractivity (Wildman–Crippen MR) is 53.5 cm³/mol. The van der Waals surface area contributed by atoms with Gasteiger partial charge in [0.15, 0.2) is 0 Å². The van der Waals surface area contributed by atoms with Crippen LogP contribution in [-0.4, -0.2) is 21.8 Å². The Morgan fingerprint density at radius 1 is 1.27 bits per heavy atom. The number of phenolic OH excluding ortho intramolecular Hbond substituents is 1. The average molecular weight is 204 g/mol. The van der Waals surface area contributed by atoms with Gasteiger partial charge in [0.25, 0.3) is 11.7 Å². The van der Waals surface area contributed by atoms with E-state index >= 15 is 0 Å². The first-order valence-electron chi connectivity index (χ1n) is 4.24. The molecular formula is C10H8N2O3. The Kier molecular flexibility index (Phi) is 1.93. The fraction of sp³-hybridized carbons (Fsp3) is 0. The van der Waals surface area contributed by atoms with Gasteiger partial charge in [0.2, 0.25) is 0 Å². The molecule has 15 heavy (non-hydrogen) atoms. The number of rotatable bonds is 2. The molecule has 2 aromatic rings. The van der Waals surface area contributed by atoms with Gasteiger partial charge >= 0.3 is 0 Å². The average Bonchev–Trinajstić information content (AvgIpc) is 2.58. The number of Topliss-reactive ketones (excluding diaryl/α,β-unsaturated/α-hetero) is 1. The number of H-pyrrole nitrogens is 1. The van der Waals surface area contributed by atoms with Crippen LogP contribution in [0.4, 0.5) is 0 Å². The number of benzene rings is 1. The molecule has 5 nitrogen and oxygen atoms in total. The van der Waals surface area contributed by atoms with Crippen molar-refractivity contribution in [1.29, 1.82) is 0 Å². The number of carbonyl (C=O) groups excluding carboxylic acids is 2. The fourth-order valence-corrected chi connectivity index (χ4v) is 1.37. The highest BCUT2D eigenvalue weighted by atomic mass is 16.3. The number of fused-ring (bicyclic) bond motifs is 1. The number of primary amides is 1. The number of ketones is 1. The number of nitrogens with one attached hydrogen (secondary N) is 1. The first-order valence-corrected chi connectivity index (χ1v) is 4.24. The molecule has 1 aromatic heterocycles. The number of hydrogen-bond donors (Lipinski definition) is 3. The Balaban J connectivity index is 2.56. The Morgan fingerprint density at radius 2 is 2.00 bits per heavy atom. The summed E-state index contributed by atoms with van der Waals surface area (Å²) in [5.41, 5.74) is 5.57. The van der Waals surface area contributed by atoms with Crippen molar-refractivity contribution < 1.29 is 14.7 Å². The highest BCUT2D eigenvalue weighted by molar-refractivity contribution is 6.42. The van der Waals surface area contributed by atoms with Gasteiger partial charge in [-0.1, -0.05) is 0 Å². The number of aromatic hydroxyl groups is 1. The molecule has 0 fully saturated rings. The molecule has 0 bridgehead atoms. The first-order chi connectivity index (χ1) is 7.08. The standard InChI is InChI=1S/C10H8N2O3/c11-10(15)9(14)8-3-5-1-2-6(13)4-7(5)12-8/h1-4,12-13H,(H2,11,15). The van der Waals surface area contributed by atoms with E-state index in [2.05, 4.69) is 4.98 Å². The molecular weight excluding hydrogens is 196 g/mol. The van der Waals surface area contributed by atoms with Crippen molar-refractivity contribution in [3.05, 3.63) is 30.0 Å². The van der Waals surface area contributed by atoms with E-state index < -0.39 is 11.7 Å². The smallest absolute Gasteiger partial charge is 0.291 e. The second-order valence-electron chi connectivity index (χ2n) is 3.15. The van der Waals surface area contributed by atoms with Gasteiger partial charge in [0.1, 0.15) is 5.75 Å². The highest BCUT2D eigenvalue weighted by Crippen LogP contribution is 2.20. The Hall–Kier alpha value is -2.30. The van der Waals surface area contributed by atoms with Crippen LogP contribution in [0.2, 0.25) is 0 Å². The molecule has 5 heteroatoms. The molecule has 0 saturated heterocycles. The van der Waals surface area contributed by atoms with Crippen LogP contribution in [-0.2, 0) is 4.79 Å². The quantitative estimate of drug-likeness (QED) is 0.492. The summed E-state index contributed by atoms with van der Waals surface area (Å²) in [6.07, 6.45) is 0.